The molecule has 0 aliphatic rings. The molecule has 0 saturated heterocycles. The zero-order valence-electron chi connectivity index (χ0n) is 16.2. The molecule has 2 aromatic carbocycles. The van der Waals surface area contributed by atoms with Crippen LogP contribution in [0, 0.1) is 5.92 Å². The molecule has 0 heterocycles. The molecule has 0 aromatic heterocycles. The van der Waals surface area contributed by atoms with Gasteiger partial charge in [-0.1, -0.05) is 88.4 Å². The van der Waals surface area contributed by atoms with Crippen molar-refractivity contribution < 1.29 is 14.3 Å². The predicted molar refractivity (Wildman–Crippen MR) is 109 cm³/mol. The van der Waals surface area contributed by atoms with Crippen LogP contribution in [0.25, 0.3) is 0 Å². The molecule has 0 aliphatic heterocycles. The number of aliphatic hydroxyl groups excluding tert-OH is 1. The monoisotopic (exact) mass is 370 g/mol. The SMILES string of the molecule is C[C@H](C=O)[C@@H](O)CCO[Si](c1ccccc1)(c1ccccc1)C(C)(C)C. The summed E-state index contributed by atoms with van der Waals surface area (Å²) in [7, 11) is -2.56. The third kappa shape index (κ3) is 4.31. The molecule has 0 spiro atoms. The summed E-state index contributed by atoms with van der Waals surface area (Å²) in [5.74, 6) is -0.377. The lowest BCUT2D eigenvalue weighted by atomic mass is 10.0. The highest BCUT2D eigenvalue weighted by atomic mass is 28.4. The molecular formula is C22H30O3Si. The van der Waals surface area contributed by atoms with E-state index in [4.69, 9.17) is 4.43 Å². The molecule has 0 saturated carbocycles. The number of carbonyl (C=O) groups excluding carboxylic acids is 1. The maximum atomic E-state index is 10.9. The third-order valence-corrected chi connectivity index (χ3v) is 10.0. The van der Waals surface area contributed by atoms with Gasteiger partial charge >= 0.3 is 0 Å². The van der Waals surface area contributed by atoms with Gasteiger partial charge in [0.2, 0.25) is 0 Å². The first-order valence-electron chi connectivity index (χ1n) is 9.21. The lowest BCUT2D eigenvalue weighted by Gasteiger charge is -2.43. The minimum atomic E-state index is -2.56. The summed E-state index contributed by atoms with van der Waals surface area (Å²) >= 11 is 0. The molecule has 0 radical (unpaired) electrons. The molecule has 0 fully saturated rings. The van der Waals surface area contributed by atoms with Crippen molar-refractivity contribution in [2.24, 2.45) is 5.92 Å². The van der Waals surface area contributed by atoms with Crippen LogP contribution in [0.2, 0.25) is 5.04 Å². The van der Waals surface area contributed by atoms with Crippen molar-refractivity contribution in [3.8, 4) is 0 Å². The van der Waals surface area contributed by atoms with Gasteiger partial charge in [0.05, 0.1) is 6.10 Å². The van der Waals surface area contributed by atoms with E-state index < -0.39 is 14.4 Å². The molecule has 140 valence electrons. The number of aliphatic hydroxyl groups is 1. The Labute approximate surface area is 158 Å². The number of carbonyl (C=O) groups is 1. The first kappa shape index (κ1) is 20.6. The second kappa shape index (κ2) is 8.76. The first-order valence-corrected chi connectivity index (χ1v) is 11.1. The van der Waals surface area contributed by atoms with Gasteiger partial charge in [-0.15, -0.1) is 0 Å². The average molecular weight is 371 g/mol. The molecule has 0 amide bonds. The molecular weight excluding hydrogens is 340 g/mol. The van der Waals surface area contributed by atoms with Crippen molar-refractivity contribution in [2.45, 2.75) is 45.3 Å². The maximum Gasteiger partial charge on any atom is 0.261 e. The van der Waals surface area contributed by atoms with Gasteiger partial charge in [-0.3, -0.25) is 0 Å². The summed E-state index contributed by atoms with van der Waals surface area (Å²) in [6, 6.07) is 20.8. The van der Waals surface area contributed by atoms with E-state index in [0.717, 1.165) is 6.29 Å². The standard InChI is InChI=1S/C22H30O3Si/c1-18(17-23)21(24)15-16-25-26(22(2,3)4,19-11-7-5-8-12-19)20-13-9-6-10-14-20/h5-14,17-18,21,24H,15-16H2,1-4H3/t18-,21+/m1/s1. The maximum absolute atomic E-state index is 10.9. The first-order chi connectivity index (χ1) is 12.3. The summed E-state index contributed by atoms with van der Waals surface area (Å²) in [6.07, 6.45) is 0.573. The molecule has 0 unspecified atom stereocenters. The molecule has 0 bridgehead atoms. The average Bonchev–Trinajstić information content (AvgIpc) is 2.64. The van der Waals surface area contributed by atoms with Gasteiger partial charge in [-0.25, -0.2) is 0 Å². The van der Waals surface area contributed by atoms with Crippen LogP contribution in [-0.4, -0.2) is 32.4 Å². The highest BCUT2D eigenvalue weighted by molar-refractivity contribution is 6.99. The Hall–Kier alpha value is -1.75. The second-order valence-electron chi connectivity index (χ2n) is 7.86. The van der Waals surface area contributed by atoms with Gasteiger partial charge in [-0.05, 0) is 21.8 Å². The van der Waals surface area contributed by atoms with Crippen molar-refractivity contribution >= 4 is 25.0 Å². The normalized spacial score (nSPS) is 14.7. The van der Waals surface area contributed by atoms with Crippen molar-refractivity contribution in [3.05, 3.63) is 60.7 Å². The van der Waals surface area contributed by atoms with E-state index in [0.29, 0.717) is 13.0 Å². The van der Waals surface area contributed by atoms with Gasteiger partial charge in [0.15, 0.2) is 0 Å². The van der Waals surface area contributed by atoms with Crippen LogP contribution < -0.4 is 10.4 Å². The van der Waals surface area contributed by atoms with Crippen LogP contribution >= 0.6 is 0 Å². The second-order valence-corrected chi connectivity index (χ2v) is 12.2. The number of rotatable bonds is 8. The summed E-state index contributed by atoms with van der Waals surface area (Å²) in [6.45, 7) is 8.84. The molecule has 26 heavy (non-hydrogen) atoms. The van der Waals surface area contributed by atoms with E-state index in [-0.39, 0.29) is 11.0 Å². The zero-order chi connectivity index (χ0) is 19.2. The fourth-order valence-electron chi connectivity index (χ4n) is 3.45. The minimum absolute atomic E-state index is 0.0864. The summed E-state index contributed by atoms with van der Waals surface area (Å²) < 4.78 is 6.69. The smallest absolute Gasteiger partial charge is 0.261 e. The molecule has 2 aromatic rings. The minimum Gasteiger partial charge on any atom is -0.407 e. The zero-order valence-corrected chi connectivity index (χ0v) is 17.2. The molecule has 3 nitrogen and oxygen atoms in total. The lowest BCUT2D eigenvalue weighted by molar-refractivity contribution is -0.113. The van der Waals surface area contributed by atoms with Crippen LogP contribution in [-0.2, 0) is 9.22 Å². The molecule has 1 N–H and O–H groups in total. The Morgan fingerprint density at radius 3 is 1.85 bits per heavy atom. The largest absolute Gasteiger partial charge is 0.407 e. The Morgan fingerprint density at radius 1 is 1.00 bits per heavy atom. The van der Waals surface area contributed by atoms with Crippen molar-refractivity contribution in [3.63, 3.8) is 0 Å². The van der Waals surface area contributed by atoms with Crippen LogP contribution in [0.15, 0.2) is 60.7 Å². The molecule has 2 atom stereocenters. The number of benzene rings is 2. The highest BCUT2D eigenvalue weighted by Gasteiger charge is 2.50. The van der Waals surface area contributed by atoms with E-state index in [1.54, 1.807) is 6.92 Å². The van der Waals surface area contributed by atoms with Gasteiger partial charge in [0.25, 0.3) is 8.32 Å². The third-order valence-electron chi connectivity index (χ3n) is 4.97. The molecule has 2 rings (SSSR count). The van der Waals surface area contributed by atoms with Crippen molar-refractivity contribution in [1.29, 1.82) is 0 Å². The van der Waals surface area contributed by atoms with Gasteiger partial charge in [0, 0.05) is 12.5 Å². The Balaban J connectivity index is 2.42. The van der Waals surface area contributed by atoms with Crippen LogP contribution in [0.3, 0.4) is 0 Å². The van der Waals surface area contributed by atoms with E-state index >= 15 is 0 Å². The van der Waals surface area contributed by atoms with Gasteiger partial charge in [0.1, 0.15) is 6.29 Å². The quantitative estimate of drug-likeness (QED) is 0.573. The Kier molecular flexibility index (Phi) is 6.92. The van der Waals surface area contributed by atoms with E-state index in [2.05, 4.69) is 69.3 Å². The topological polar surface area (TPSA) is 46.5 Å². The predicted octanol–water partition coefficient (Wildman–Crippen LogP) is 3.15. The summed E-state index contributed by atoms with van der Waals surface area (Å²) in [5.41, 5.74) is 0. The van der Waals surface area contributed by atoms with Gasteiger partial charge in [-0.2, -0.15) is 0 Å². The molecule has 0 aliphatic carbocycles. The highest BCUT2D eigenvalue weighted by Crippen LogP contribution is 2.36. The lowest BCUT2D eigenvalue weighted by Crippen LogP contribution is -2.66. The van der Waals surface area contributed by atoms with Gasteiger partial charge < -0.3 is 14.3 Å². The fourth-order valence-corrected chi connectivity index (χ4v) is 8.03. The summed E-state index contributed by atoms with van der Waals surface area (Å²) in [5, 5.41) is 12.5. The summed E-state index contributed by atoms with van der Waals surface area (Å²) in [4.78, 5) is 10.9. The fraction of sp³-hybridized carbons (Fsp3) is 0.409. The van der Waals surface area contributed by atoms with Crippen LogP contribution in [0.4, 0.5) is 0 Å². The number of aldehydes is 1. The number of hydrogen-bond donors (Lipinski definition) is 1. The van der Waals surface area contributed by atoms with Crippen molar-refractivity contribution in [2.75, 3.05) is 6.61 Å². The Bertz CT molecular complexity index is 640. The van der Waals surface area contributed by atoms with E-state index in [1.165, 1.54) is 10.4 Å². The van der Waals surface area contributed by atoms with Crippen LogP contribution in [0.5, 0.6) is 0 Å². The van der Waals surface area contributed by atoms with Crippen molar-refractivity contribution in [1.82, 2.24) is 0 Å². The molecule has 4 heteroatoms. The Morgan fingerprint density at radius 2 is 1.46 bits per heavy atom. The van der Waals surface area contributed by atoms with Crippen LogP contribution in [0.1, 0.15) is 34.1 Å². The van der Waals surface area contributed by atoms with E-state index in [9.17, 15) is 9.90 Å². The number of hydrogen-bond acceptors (Lipinski definition) is 3. The van der Waals surface area contributed by atoms with E-state index in [1.807, 2.05) is 12.1 Å².